The van der Waals surface area contributed by atoms with Gasteiger partial charge in [0.25, 0.3) is 0 Å². The fourth-order valence-electron chi connectivity index (χ4n) is 3.66. The first-order valence-electron chi connectivity index (χ1n) is 8.97. The van der Waals surface area contributed by atoms with E-state index in [1.54, 1.807) is 7.11 Å². The summed E-state index contributed by atoms with van der Waals surface area (Å²) in [6.07, 6.45) is 12.0. The summed E-state index contributed by atoms with van der Waals surface area (Å²) < 4.78 is 10.8. The molecular formula is C18H37NO2. The zero-order valence-corrected chi connectivity index (χ0v) is 14.6. The molecule has 3 nitrogen and oxygen atoms in total. The van der Waals surface area contributed by atoms with Gasteiger partial charge in [-0.05, 0) is 56.9 Å². The maximum Gasteiger partial charge on any atom is 0.0487 e. The third-order valence-electron chi connectivity index (χ3n) is 5.10. The number of rotatable bonds is 12. The van der Waals surface area contributed by atoms with Crippen molar-refractivity contribution in [3.05, 3.63) is 0 Å². The molecule has 0 radical (unpaired) electrons. The van der Waals surface area contributed by atoms with E-state index in [1.165, 1.54) is 51.4 Å². The van der Waals surface area contributed by atoms with Crippen molar-refractivity contribution in [2.75, 3.05) is 40.5 Å². The molecule has 0 aromatic heterocycles. The molecule has 0 bridgehead atoms. The van der Waals surface area contributed by atoms with Crippen LogP contribution in [0.25, 0.3) is 0 Å². The summed E-state index contributed by atoms with van der Waals surface area (Å²) in [5.74, 6) is 0.984. The first-order chi connectivity index (χ1) is 10.3. The molecule has 0 heterocycles. The van der Waals surface area contributed by atoms with Gasteiger partial charge in [-0.15, -0.1) is 0 Å². The Morgan fingerprint density at radius 1 is 1.10 bits per heavy atom. The largest absolute Gasteiger partial charge is 0.385 e. The summed E-state index contributed by atoms with van der Waals surface area (Å²) in [4.78, 5) is 0. The molecule has 1 saturated carbocycles. The van der Waals surface area contributed by atoms with Crippen LogP contribution in [0.5, 0.6) is 0 Å². The zero-order valence-electron chi connectivity index (χ0n) is 14.6. The van der Waals surface area contributed by atoms with Crippen LogP contribution in [0, 0.1) is 11.3 Å². The van der Waals surface area contributed by atoms with E-state index in [0.29, 0.717) is 5.41 Å². The maximum absolute atomic E-state index is 5.79. The van der Waals surface area contributed by atoms with Crippen molar-refractivity contribution >= 4 is 0 Å². The van der Waals surface area contributed by atoms with E-state index in [9.17, 15) is 0 Å². The van der Waals surface area contributed by atoms with Gasteiger partial charge in [0.2, 0.25) is 0 Å². The Balaban J connectivity index is 2.25. The minimum Gasteiger partial charge on any atom is -0.385 e. The zero-order chi connectivity index (χ0) is 15.4. The highest BCUT2D eigenvalue weighted by atomic mass is 16.5. The highest BCUT2D eigenvalue weighted by Gasteiger charge is 2.34. The molecule has 0 spiro atoms. The molecule has 3 heteroatoms. The Labute approximate surface area is 132 Å². The van der Waals surface area contributed by atoms with Crippen LogP contribution in [-0.4, -0.2) is 40.5 Å². The molecule has 0 atom stereocenters. The molecule has 21 heavy (non-hydrogen) atoms. The van der Waals surface area contributed by atoms with Gasteiger partial charge < -0.3 is 14.8 Å². The molecule has 1 aliphatic carbocycles. The van der Waals surface area contributed by atoms with Crippen LogP contribution in [0.3, 0.4) is 0 Å². The van der Waals surface area contributed by atoms with Crippen LogP contribution in [0.4, 0.5) is 0 Å². The average molecular weight is 299 g/mol. The van der Waals surface area contributed by atoms with Crippen molar-refractivity contribution < 1.29 is 9.47 Å². The molecule has 0 aliphatic heterocycles. The summed E-state index contributed by atoms with van der Waals surface area (Å²) in [7, 11) is 3.84. The second-order valence-corrected chi connectivity index (χ2v) is 6.82. The summed E-state index contributed by atoms with van der Waals surface area (Å²) in [6, 6.07) is 0. The molecule has 0 amide bonds. The van der Waals surface area contributed by atoms with Crippen LogP contribution >= 0.6 is 0 Å². The van der Waals surface area contributed by atoms with Gasteiger partial charge in [-0.2, -0.15) is 0 Å². The van der Waals surface area contributed by atoms with Crippen molar-refractivity contribution in [1.82, 2.24) is 5.32 Å². The van der Waals surface area contributed by atoms with Gasteiger partial charge in [0.05, 0.1) is 0 Å². The summed E-state index contributed by atoms with van der Waals surface area (Å²) in [6.45, 7) is 6.00. The third-order valence-corrected chi connectivity index (χ3v) is 5.10. The lowest BCUT2D eigenvalue weighted by Gasteiger charge is -2.40. The molecule has 0 aromatic carbocycles. The van der Waals surface area contributed by atoms with Gasteiger partial charge in [-0.1, -0.05) is 26.2 Å². The molecule has 0 unspecified atom stereocenters. The minimum atomic E-state index is 0.485. The molecule has 126 valence electrons. The van der Waals surface area contributed by atoms with Gasteiger partial charge in [-0.25, -0.2) is 0 Å². The van der Waals surface area contributed by atoms with E-state index in [-0.39, 0.29) is 0 Å². The molecular weight excluding hydrogens is 262 g/mol. The Morgan fingerprint density at radius 2 is 1.86 bits per heavy atom. The van der Waals surface area contributed by atoms with Crippen molar-refractivity contribution in [2.24, 2.45) is 11.3 Å². The number of nitrogens with one attached hydrogen (secondary N) is 1. The predicted molar refractivity (Wildman–Crippen MR) is 89.8 cm³/mol. The van der Waals surface area contributed by atoms with Crippen molar-refractivity contribution in [2.45, 2.75) is 64.7 Å². The molecule has 1 rings (SSSR count). The predicted octanol–water partition coefficient (Wildman–Crippen LogP) is 4.02. The molecule has 1 aliphatic rings. The number of unbranched alkanes of at least 4 members (excludes halogenated alkanes) is 1. The lowest BCUT2D eigenvalue weighted by Crippen LogP contribution is -2.37. The summed E-state index contributed by atoms with van der Waals surface area (Å²) in [5, 5.41) is 3.42. The van der Waals surface area contributed by atoms with Gasteiger partial charge >= 0.3 is 0 Å². The summed E-state index contributed by atoms with van der Waals surface area (Å²) in [5.41, 5.74) is 0.485. The van der Waals surface area contributed by atoms with E-state index >= 15 is 0 Å². The second kappa shape index (κ2) is 11.4. The van der Waals surface area contributed by atoms with Gasteiger partial charge in [0.1, 0.15) is 0 Å². The van der Waals surface area contributed by atoms with Crippen molar-refractivity contribution in [1.29, 1.82) is 0 Å². The van der Waals surface area contributed by atoms with Gasteiger partial charge in [-0.3, -0.25) is 0 Å². The van der Waals surface area contributed by atoms with E-state index in [1.807, 2.05) is 0 Å². The Morgan fingerprint density at radius 3 is 2.48 bits per heavy atom. The molecule has 1 fully saturated rings. The Bertz CT molecular complexity index is 237. The quantitative estimate of drug-likeness (QED) is 0.552. The third kappa shape index (κ3) is 7.62. The van der Waals surface area contributed by atoms with E-state index < -0.39 is 0 Å². The first-order valence-corrected chi connectivity index (χ1v) is 8.97. The number of methoxy groups -OCH3 is 1. The average Bonchev–Trinajstić information content (AvgIpc) is 2.51. The van der Waals surface area contributed by atoms with Crippen LogP contribution in [0.2, 0.25) is 0 Å². The fourth-order valence-corrected chi connectivity index (χ4v) is 3.66. The van der Waals surface area contributed by atoms with Crippen LogP contribution in [0.15, 0.2) is 0 Å². The topological polar surface area (TPSA) is 30.5 Å². The number of ether oxygens (including phenoxy) is 2. The number of hydrogen-bond donors (Lipinski definition) is 1. The second-order valence-electron chi connectivity index (χ2n) is 6.82. The van der Waals surface area contributed by atoms with Crippen molar-refractivity contribution in [3.8, 4) is 0 Å². The summed E-state index contributed by atoms with van der Waals surface area (Å²) >= 11 is 0. The normalized spacial score (nSPS) is 26.1. The van der Waals surface area contributed by atoms with Gasteiger partial charge in [0.15, 0.2) is 0 Å². The van der Waals surface area contributed by atoms with Crippen molar-refractivity contribution in [3.63, 3.8) is 0 Å². The Kier molecular flexibility index (Phi) is 10.3. The lowest BCUT2D eigenvalue weighted by atomic mass is 9.68. The maximum atomic E-state index is 5.79. The number of hydrogen-bond acceptors (Lipinski definition) is 3. The first kappa shape index (κ1) is 18.9. The van der Waals surface area contributed by atoms with Gasteiger partial charge in [0, 0.05) is 33.5 Å². The molecule has 1 N–H and O–H groups in total. The Hall–Kier alpha value is -0.120. The lowest BCUT2D eigenvalue weighted by molar-refractivity contribution is 0.0531. The smallest absolute Gasteiger partial charge is 0.0487 e. The van der Waals surface area contributed by atoms with Crippen LogP contribution < -0.4 is 5.32 Å². The molecule has 0 saturated heterocycles. The fraction of sp³-hybridized carbons (Fsp3) is 1.00. The molecule has 0 aromatic rings. The highest BCUT2D eigenvalue weighted by molar-refractivity contribution is 4.87. The van der Waals surface area contributed by atoms with Crippen LogP contribution in [-0.2, 0) is 9.47 Å². The highest BCUT2D eigenvalue weighted by Crippen LogP contribution is 2.42. The van der Waals surface area contributed by atoms with Crippen LogP contribution in [0.1, 0.15) is 64.7 Å². The van der Waals surface area contributed by atoms with E-state index in [0.717, 1.165) is 38.7 Å². The minimum absolute atomic E-state index is 0.485. The monoisotopic (exact) mass is 299 g/mol. The standard InChI is InChI=1S/C18H37NO2/c1-4-5-7-17-8-10-18(11-9-17,16-19-2)12-15-21-14-6-13-20-3/h17,19H,4-16H2,1-3H3. The SMILES string of the molecule is CCCCC1CCC(CCOCCCOC)(CNC)CC1. The van der Waals surface area contributed by atoms with E-state index in [2.05, 4.69) is 19.3 Å². The van der Waals surface area contributed by atoms with E-state index in [4.69, 9.17) is 9.47 Å².